The van der Waals surface area contributed by atoms with Gasteiger partial charge in [0.25, 0.3) is 5.56 Å². The average molecular weight is 319 g/mol. The molecule has 0 fully saturated rings. The topological polar surface area (TPSA) is 54.9 Å². The van der Waals surface area contributed by atoms with Crippen molar-refractivity contribution in [2.75, 3.05) is 0 Å². The highest BCUT2D eigenvalue weighted by Crippen LogP contribution is 2.16. The van der Waals surface area contributed by atoms with Gasteiger partial charge in [-0.25, -0.2) is 22.5 Å². The van der Waals surface area contributed by atoms with E-state index in [1.807, 2.05) is 0 Å². The van der Waals surface area contributed by atoms with E-state index in [-0.39, 0.29) is 17.1 Å². The Hall–Kier alpha value is -2.02. The molecule has 0 aliphatic carbocycles. The molecule has 0 bridgehead atoms. The summed E-state index contributed by atoms with van der Waals surface area (Å²) >= 11 is 5.78. The van der Waals surface area contributed by atoms with Gasteiger partial charge in [0, 0.05) is 12.1 Å². The molecule has 1 aromatic heterocycles. The summed E-state index contributed by atoms with van der Waals surface area (Å²) in [5, 5.41) is -0.119. The van der Waals surface area contributed by atoms with Crippen molar-refractivity contribution < 1.29 is 13.2 Å². The van der Waals surface area contributed by atoms with Crippen LogP contribution in [0.2, 0.25) is 5.15 Å². The average Bonchev–Trinajstić information content (AvgIpc) is 2.40. The number of hydrogen-bond donors (Lipinski definition) is 1. The first-order valence-electron chi connectivity index (χ1n) is 6.05. The fourth-order valence-corrected chi connectivity index (χ4v) is 2.17. The van der Waals surface area contributed by atoms with E-state index < -0.39 is 34.4 Å². The Morgan fingerprint density at radius 1 is 1.19 bits per heavy atom. The van der Waals surface area contributed by atoms with Gasteiger partial charge < -0.3 is 0 Å². The standard InChI is InChI=1S/C13H10ClF3N2O2/c1-2-3-7-11(14)18-13(21)19(12(7)20)6-4-8(15)10(17)9(16)5-6/h4-5H,2-3H2,1H3,(H,18,21). The van der Waals surface area contributed by atoms with E-state index in [1.165, 1.54) is 0 Å². The molecule has 0 saturated heterocycles. The summed E-state index contributed by atoms with van der Waals surface area (Å²) in [6.45, 7) is 1.79. The summed E-state index contributed by atoms with van der Waals surface area (Å²) in [6.07, 6.45) is 0.855. The first-order chi connectivity index (χ1) is 9.86. The lowest BCUT2D eigenvalue weighted by molar-refractivity contribution is 0.446. The summed E-state index contributed by atoms with van der Waals surface area (Å²) in [7, 11) is 0. The second kappa shape index (κ2) is 5.77. The van der Waals surface area contributed by atoms with Crippen molar-refractivity contribution in [1.82, 2.24) is 9.55 Å². The Bertz CT molecular complexity index is 791. The Kier molecular flexibility index (Phi) is 4.22. The Morgan fingerprint density at radius 2 is 1.76 bits per heavy atom. The van der Waals surface area contributed by atoms with Crippen LogP contribution in [0.5, 0.6) is 0 Å². The third kappa shape index (κ3) is 2.73. The fraction of sp³-hybridized carbons (Fsp3) is 0.231. The van der Waals surface area contributed by atoms with E-state index in [0.29, 0.717) is 23.1 Å². The summed E-state index contributed by atoms with van der Waals surface area (Å²) < 4.78 is 40.0. The van der Waals surface area contributed by atoms with Gasteiger partial charge in [-0.2, -0.15) is 0 Å². The number of nitrogens with one attached hydrogen (secondary N) is 1. The van der Waals surface area contributed by atoms with E-state index in [0.717, 1.165) is 0 Å². The van der Waals surface area contributed by atoms with E-state index in [1.54, 1.807) is 6.92 Å². The van der Waals surface area contributed by atoms with Gasteiger partial charge in [0.15, 0.2) is 17.5 Å². The van der Waals surface area contributed by atoms with Crippen LogP contribution in [0.4, 0.5) is 13.2 Å². The number of rotatable bonds is 3. The van der Waals surface area contributed by atoms with Crippen LogP contribution in [0.15, 0.2) is 21.7 Å². The molecule has 0 aliphatic heterocycles. The molecule has 0 unspecified atom stereocenters. The molecule has 0 amide bonds. The molecule has 0 aliphatic rings. The maximum absolute atomic E-state index is 13.2. The van der Waals surface area contributed by atoms with Crippen LogP contribution < -0.4 is 11.2 Å². The maximum Gasteiger partial charge on any atom is 0.334 e. The number of aromatic amines is 1. The van der Waals surface area contributed by atoms with Crippen LogP contribution in [0, 0.1) is 17.5 Å². The first-order valence-corrected chi connectivity index (χ1v) is 6.43. The van der Waals surface area contributed by atoms with Gasteiger partial charge in [0.1, 0.15) is 5.15 Å². The van der Waals surface area contributed by atoms with Gasteiger partial charge >= 0.3 is 5.69 Å². The van der Waals surface area contributed by atoms with E-state index in [9.17, 15) is 22.8 Å². The minimum absolute atomic E-state index is 0.115. The van der Waals surface area contributed by atoms with E-state index in [2.05, 4.69) is 4.98 Å². The molecule has 0 radical (unpaired) electrons. The van der Waals surface area contributed by atoms with Crippen LogP contribution in [0.25, 0.3) is 5.69 Å². The molecule has 0 saturated carbocycles. The van der Waals surface area contributed by atoms with Gasteiger partial charge in [0.05, 0.1) is 11.3 Å². The molecule has 112 valence electrons. The third-order valence-corrected chi connectivity index (χ3v) is 3.20. The predicted octanol–water partition coefficient (Wildman–Crippen LogP) is 2.55. The molecular weight excluding hydrogens is 309 g/mol. The summed E-state index contributed by atoms with van der Waals surface area (Å²) in [4.78, 5) is 26.3. The zero-order chi connectivity index (χ0) is 15.7. The second-order valence-corrected chi connectivity index (χ2v) is 4.71. The number of benzene rings is 1. The van der Waals surface area contributed by atoms with Crippen molar-refractivity contribution in [2.24, 2.45) is 0 Å². The van der Waals surface area contributed by atoms with Crippen molar-refractivity contribution in [3.05, 3.63) is 61.1 Å². The molecular formula is C13H10ClF3N2O2. The van der Waals surface area contributed by atoms with Crippen molar-refractivity contribution in [1.29, 1.82) is 0 Å². The second-order valence-electron chi connectivity index (χ2n) is 4.34. The highest BCUT2D eigenvalue weighted by molar-refractivity contribution is 6.30. The van der Waals surface area contributed by atoms with Gasteiger partial charge in [-0.15, -0.1) is 0 Å². The molecule has 2 rings (SSSR count). The summed E-state index contributed by atoms with van der Waals surface area (Å²) in [6, 6.07) is 1.14. The highest BCUT2D eigenvalue weighted by atomic mass is 35.5. The lowest BCUT2D eigenvalue weighted by atomic mass is 10.2. The van der Waals surface area contributed by atoms with Crippen molar-refractivity contribution in [2.45, 2.75) is 19.8 Å². The molecule has 0 atom stereocenters. The number of nitrogens with zero attached hydrogens (tertiary/aromatic N) is 1. The van der Waals surface area contributed by atoms with E-state index in [4.69, 9.17) is 11.6 Å². The fourth-order valence-electron chi connectivity index (χ4n) is 1.92. The quantitative estimate of drug-likeness (QED) is 0.698. The Morgan fingerprint density at radius 3 is 2.29 bits per heavy atom. The van der Waals surface area contributed by atoms with Gasteiger partial charge in [-0.3, -0.25) is 9.78 Å². The third-order valence-electron chi connectivity index (χ3n) is 2.87. The van der Waals surface area contributed by atoms with Crippen LogP contribution in [-0.4, -0.2) is 9.55 Å². The normalized spacial score (nSPS) is 10.9. The minimum atomic E-state index is -1.68. The Balaban J connectivity index is 2.78. The molecule has 4 nitrogen and oxygen atoms in total. The number of hydrogen-bond acceptors (Lipinski definition) is 2. The Labute approximate surface area is 121 Å². The van der Waals surface area contributed by atoms with Gasteiger partial charge in [-0.05, 0) is 6.42 Å². The molecule has 1 aromatic carbocycles. The van der Waals surface area contributed by atoms with E-state index >= 15 is 0 Å². The predicted molar refractivity (Wildman–Crippen MR) is 71.5 cm³/mol. The molecule has 21 heavy (non-hydrogen) atoms. The molecule has 0 spiro atoms. The minimum Gasteiger partial charge on any atom is -0.297 e. The lowest BCUT2D eigenvalue weighted by Gasteiger charge is -2.09. The number of aromatic nitrogens is 2. The molecule has 1 heterocycles. The van der Waals surface area contributed by atoms with Crippen molar-refractivity contribution >= 4 is 11.6 Å². The monoisotopic (exact) mass is 318 g/mol. The lowest BCUT2D eigenvalue weighted by Crippen LogP contribution is -2.36. The molecule has 8 heteroatoms. The van der Waals surface area contributed by atoms with Crippen LogP contribution in [0.3, 0.4) is 0 Å². The first kappa shape index (κ1) is 15.4. The molecule has 1 N–H and O–H groups in total. The highest BCUT2D eigenvalue weighted by Gasteiger charge is 2.17. The zero-order valence-electron chi connectivity index (χ0n) is 10.8. The van der Waals surface area contributed by atoms with Gasteiger partial charge in [-0.1, -0.05) is 24.9 Å². The largest absolute Gasteiger partial charge is 0.334 e. The number of halogens is 4. The van der Waals surface area contributed by atoms with Crippen molar-refractivity contribution in [3.8, 4) is 5.69 Å². The SMILES string of the molecule is CCCc1c(Cl)[nH]c(=O)n(-c2cc(F)c(F)c(F)c2)c1=O. The summed E-state index contributed by atoms with van der Waals surface area (Å²) in [5.74, 6) is -4.67. The smallest absolute Gasteiger partial charge is 0.297 e. The van der Waals surface area contributed by atoms with Crippen LogP contribution >= 0.6 is 11.6 Å². The van der Waals surface area contributed by atoms with Crippen molar-refractivity contribution in [3.63, 3.8) is 0 Å². The maximum atomic E-state index is 13.2. The van der Waals surface area contributed by atoms with Crippen LogP contribution in [0.1, 0.15) is 18.9 Å². The zero-order valence-corrected chi connectivity index (χ0v) is 11.6. The van der Waals surface area contributed by atoms with Gasteiger partial charge in [0.2, 0.25) is 0 Å². The summed E-state index contributed by atoms with van der Waals surface area (Å²) in [5.41, 5.74) is -2.05. The molecule has 2 aromatic rings. The van der Waals surface area contributed by atoms with Crippen LogP contribution in [-0.2, 0) is 6.42 Å². The number of H-pyrrole nitrogens is 1.